The lowest BCUT2D eigenvalue weighted by molar-refractivity contribution is -0.161. The smallest absolute Gasteiger partial charge is 0.319 e. The molecule has 1 saturated heterocycles. The summed E-state index contributed by atoms with van der Waals surface area (Å²) in [7, 11) is 1.62. The second-order valence-corrected chi connectivity index (χ2v) is 12.3. The van der Waals surface area contributed by atoms with Gasteiger partial charge in [0.2, 0.25) is 5.91 Å². The van der Waals surface area contributed by atoms with E-state index < -0.39 is 5.92 Å². The van der Waals surface area contributed by atoms with E-state index in [0.717, 1.165) is 24.3 Å². The summed E-state index contributed by atoms with van der Waals surface area (Å²) in [6, 6.07) is 22.4. The summed E-state index contributed by atoms with van der Waals surface area (Å²) in [5, 5.41) is 2.43. The lowest BCUT2D eigenvalue weighted by atomic mass is 9.64. The summed E-state index contributed by atoms with van der Waals surface area (Å²) in [6.45, 7) is 9.52. The molecule has 2 bridgehead atoms. The molecule has 2 saturated carbocycles. The van der Waals surface area contributed by atoms with Gasteiger partial charge in [-0.1, -0.05) is 70.2 Å². The normalized spacial score (nSPS) is 31.7. The maximum absolute atomic E-state index is 13.8. The monoisotopic (exact) mass is 511 g/mol. The van der Waals surface area contributed by atoms with Crippen LogP contribution < -0.4 is 9.64 Å². The zero-order chi connectivity index (χ0) is 26.8. The van der Waals surface area contributed by atoms with Crippen LogP contribution in [0.2, 0.25) is 0 Å². The van der Waals surface area contributed by atoms with Crippen LogP contribution in [-0.2, 0) is 14.3 Å². The van der Waals surface area contributed by atoms with Crippen molar-refractivity contribution in [2.45, 2.75) is 52.6 Å². The molecule has 198 valence electrons. The molecule has 0 aromatic heterocycles. The van der Waals surface area contributed by atoms with E-state index in [1.807, 2.05) is 31.2 Å². The Labute approximate surface area is 225 Å². The molecule has 3 aromatic rings. The van der Waals surface area contributed by atoms with Gasteiger partial charge in [-0.25, -0.2) is 0 Å². The number of anilines is 1. The van der Waals surface area contributed by atoms with Crippen LogP contribution in [0.3, 0.4) is 0 Å². The van der Waals surface area contributed by atoms with Crippen LogP contribution in [0.15, 0.2) is 66.7 Å². The van der Waals surface area contributed by atoms with Crippen LogP contribution in [0.5, 0.6) is 5.75 Å². The van der Waals surface area contributed by atoms with Crippen LogP contribution in [0.1, 0.15) is 52.0 Å². The topological polar surface area (TPSA) is 55.8 Å². The SMILES string of the molecule is COc1ccc(N2CC(C)C(C(=O)O[C@H]3[C@@H]4CC[C@](C)([C@H]3c3cccc5ccccc35)C4(C)C)C2=O)cc1. The van der Waals surface area contributed by atoms with Gasteiger partial charge in [0, 0.05) is 24.1 Å². The molecule has 2 aliphatic carbocycles. The highest BCUT2D eigenvalue weighted by Gasteiger charge is 2.68. The van der Waals surface area contributed by atoms with Gasteiger partial charge >= 0.3 is 5.97 Å². The first-order chi connectivity index (χ1) is 18.2. The number of methoxy groups -OCH3 is 1. The Bertz CT molecular complexity index is 1390. The fourth-order valence-corrected chi connectivity index (χ4v) is 7.91. The van der Waals surface area contributed by atoms with Crippen LogP contribution in [0, 0.1) is 28.6 Å². The number of nitrogens with zero attached hydrogens (tertiary/aromatic N) is 1. The summed E-state index contributed by atoms with van der Waals surface area (Å²) in [6.07, 6.45) is 1.89. The molecule has 6 atom stereocenters. The zero-order valence-corrected chi connectivity index (χ0v) is 22.9. The fraction of sp³-hybridized carbons (Fsp3) is 0.455. The molecule has 0 spiro atoms. The third-order valence-electron chi connectivity index (χ3n) is 10.4. The van der Waals surface area contributed by atoms with E-state index in [2.05, 4.69) is 63.2 Å². The molecule has 5 nitrogen and oxygen atoms in total. The number of carbonyl (C=O) groups excluding carboxylic acids is 2. The number of amides is 1. The Morgan fingerprint density at radius 2 is 1.68 bits per heavy atom. The Kier molecular flexibility index (Phi) is 5.82. The van der Waals surface area contributed by atoms with Crippen LogP contribution in [0.4, 0.5) is 5.69 Å². The minimum absolute atomic E-state index is 0.00678. The van der Waals surface area contributed by atoms with Gasteiger partial charge in [0.1, 0.15) is 17.8 Å². The lowest BCUT2D eigenvalue weighted by Crippen LogP contribution is -2.39. The Morgan fingerprint density at radius 3 is 2.42 bits per heavy atom. The number of hydrogen-bond acceptors (Lipinski definition) is 4. The lowest BCUT2D eigenvalue weighted by Gasteiger charge is -2.40. The van der Waals surface area contributed by atoms with Crippen molar-refractivity contribution in [3.8, 4) is 5.75 Å². The molecule has 3 aliphatic rings. The van der Waals surface area contributed by atoms with E-state index in [0.29, 0.717) is 6.54 Å². The highest BCUT2D eigenvalue weighted by molar-refractivity contribution is 6.08. The number of esters is 1. The van der Waals surface area contributed by atoms with Crippen LogP contribution in [0.25, 0.3) is 10.8 Å². The van der Waals surface area contributed by atoms with E-state index in [9.17, 15) is 9.59 Å². The predicted octanol–water partition coefficient (Wildman–Crippen LogP) is 6.60. The summed E-state index contributed by atoms with van der Waals surface area (Å²) < 4.78 is 11.8. The van der Waals surface area contributed by atoms with Crippen molar-refractivity contribution in [3.05, 3.63) is 72.3 Å². The molecule has 0 radical (unpaired) electrons. The average Bonchev–Trinajstić information content (AvgIpc) is 3.40. The number of ether oxygens (including phenoxy) is 2. The Hall–Kier alpha value is -3.34. The van der Waals surface area contributed by atoms with Crippen molar-refractivity contribution in [1.29, 1.82) is 0 Å². The molecule has 38 heavy (non-hydrogen) atoms. The first-order valence-corrected chi connectivity index (χ1v) is 13.8. The molecule has 6 rings (SSSR count). The Balaban J connectivity index is 1.32. The van der Waals surface area contributed by atoms with E-state index in [1.54, 1.807) is 12.0 Å². The zero-order valence-electron chi connectivity index (χ0n) is 22.9. The van der Waals surface area contributed by atoms with Gasteiger partial charge in [-0.15, -0.1) is 0 Å². The quantitative estimate of drug-likeness (QED) is 0.286. The molecular weight excluding hydrogens is 474 g/mol. The molecule has 3 fully saturated rings. The molecule has 0 N–H and O–H groups in total. The predicted molar refractivity (Wildman–Crippen MR) is 149 cm³/mol. The minimum Gasteiger partial charge on any atom is -0.497 e. The molecule has 3 aromatic carbocycles. The van der Waals surface area contributed by atoms with Crippen LogP contribution in [-0.4, -0.2) is 31.6 Å². The van der Waals surface area contributed by atoms with Gasteiger partial charge in [0.25, 0.3) is 0 Å². The summed E-state index contributed by atoms with van der Waals surface area (Å²) >= 11 is 0. The first-order valence-electron chi connectivity index (χ1n) is 13.8. The van der Waals surface area contributed by atoms with Crippen molar-refractivity contribution in [3.63, 3.8) is 0 Å². The maximum atomic E-state index is 13.8. The van der Waals surface area contributed by atoms with Crippen LogP contribution >= 0.6 is 0 Å². The number of fused-ring (bicyclic) bond motifs is 3. The van der Waals surface area contributed by atoms with Gasteiger partial charge in [-0.3, -0.25) is 9.59 Å². The maximum Gasteiger partial charge on any atom is 0.319 e. The van der Waals surface area contributed by atoms with Gasteiger partial charge in [0.15, 0.2) is 0 Å². The average molecular weight is 512 g/mol. The number of rotatable bonds is 5. The number of hydrogen-bond donors (Lipinski definition) is 0. The molecule has 1 heterocycles. The second-order valence-electron chi connectivity index (χ2n) is 12.3. The largest absolute Gasteiger partial charge is 0.497 e. The minimum atomic E-state index is -0.791. The van der Waals surface area contributed by atoms with Gasteiger partial charge in [-0.2, -0.15) is 0 Å². The van der Waals surface area contributed by atoms with Crippen molar-refractivity contribution < 1.29 is 19.1 Å². The summed E-state index contributed by atoms with van der Waals surface area (Å²) in [5.41, 5.74) is 2.04. The number of benzene rings is 3. The van der Waals surface area contributed by atoms with Crippen molar-refractivity contribution in [2.75, 3.05) is 18.6 Å². The molecule has 1 amide bonds. The number of carbonyl (C=O) groups is 2. The van der Waals surface area contributed by atoms with Gasteiger partial charge in [-0.05, 0) is 70.2 Å². The Morgan fingerprint density at radius 1 is 0.974 bits per heavy atom. The molecule has 2 unspecified atom stereocenters. The van der Waals surface area contributed by atoms with Crippen molar-refractivity contribution >= 4 is 28.3 Å². The van der Waals surface area contributed by atoms with Gasteiger partial charge < -0.3 is 14.4 Å². The third kappa shape index (κ3) is 3.50. The second kappa shape index (κ2) is 8.86. The first kappa shape index (κ1) is 25.0. The van der Waals surface area contributed by atoms with E-state index in [1.165, 1.54) is 16.3 Å². The van der Waals surface area contributed by atoms with Gasteiger partial charge in [0.05, 0.1) is 7.11 Å². The van der Waals surface area contributed by atoms with E-state index in [4.69, 9.17) is 9.47 Å². The third-order valence-corrected chi connectivity index (χ3v) is 10.4. The van der Waals surface area contributed by atoms with E-state index in [-0.39, 0.29) is 46.6 Å². The highest BCUT2D eigenvalue weighted by atomic mass is 16.5. The van der Waals surface area contributed by atoms with Crippen molar-refractivity contribution in [1.82, 2.24) is 0 Å². The molecule has 1 aliphatic heterocycles. The molecule has 5 heteroatoms. The molecular formula is C33H37NO4. The van der Waals surface area contributed by atoms with E-state index >= 15 is 0 Å². The summed E-state index contributed by atoms with van der Waals surface area (Å²) in [5.74, 6) is -0.406. The highest BCUT2D eigenvalue weighted by Crippen LogP contribution is 2.72. The standard InChI is InChI=1S/C33H37NO4/c1-20-19-34(22-13-15-23(37-5)16-14-22)30(35)27(20)31(36)38-29-26-17-18-33(4,32(26,2)3)28(29)25-12-8-10-21-9-6-7-11-24(21)25/h6-16,20,26-29H,17-19H2,1-5H3/t20?,26-,27?,28-,29-,33+/m0/s1. The van der Waals surface area contributed by atoms with Crippen molar-refractivity contribution in [2.24, 2.45) is 28.6 Å². The summed E-state index contributed by atoms with van der Waals surface area (Å²) in [4.78, 5) is 29.1. The fourth-order valence-electron chi connectivity index (χ4n) is 7.91.